The van der Waals surface area contributed by atoms with Crippen LogP contribution in [-0.4, -0.2) is 15.6 Å². The standard InChI is InChI=1S/C17H20N2O/c1-3-4-5-14-6-9-16(10-7-14)17(20)11-8-15-12-18-19(2)13-15/h6-13H,3-5H2,1-2H3/b11-8+. The highest BCUT2D eigenvalue weighted by atomic mass is 16.1. The summed E-state index contributed by atoms with van der Waals surface area (Å²) in [6, 6.07) is 7.89. The highest BCUT2D eigenvalue weighted by Gasteiger charge is 2.02. The van der Waals surface area contributed by atoms with Crippen LogP contribution < -0.4 is 0 Å². The van der Waals surface area contributed by atoms with Crippen molar-refractivity contribution in [1.29, 1.82) is 0 Å². The van der Waals surface area contributed by atoms with Crippen LogP contribution in [-0.2, 0) is 13.5 Å². The van der Waals surface area contributed by atoms with E-state index >= 15 is 0 Å². The molecule has 1 aromatic carbocycles. The van der Waals surface area contributed by atoms with Gasteiger partial charge in [0.2, 0.25) is 0 Å². The maximum absolute atomic E-state index is 12.0. The molecule has 3 nitrogen and oxygen atoms in total. The van der Waals surface area contributed by atoms with Gasteiger partial charge in [0.25, 0.3) is 0 Å². The van der Waals surface area contributed by atoms with Gasteiger partial charge in [-0.2, -0.15) is 5.10 Å². The summed E-state index contributed by atoms with van der Waals surface area (Å²) in [5, 5.41) is 4.06. The van der Waals surface area contributed by atoms with Crippen molar-refractivity contribution in [2.75, 3.05) is 0 Å². The van der Waals surface area contributed by atoms with Gasteiger partial charge in [-0.15, -0.1) is 0 Å². The zero-order chi connectivity index (χ0) is 14.4. The molecule has 104 valence electrons. The molecule has 0 bridgehead atoms. The number of carbonyl (C=O) groups excluding carboxylic acids is 1. The maximum Gasteiger partial charge on any atom is 0.185 e. The fraction of sp³-hybridized carbons (Fsp3) is 0.294. The molecule has 0 N–H and O–H groups in total. The number of benzene rings is 1. The maximum atomic E-state index is 12.0. The lowest BCUT2D eigenvalue weighted by Gasteiger charge is -2.01. The van der Waals surface area contributed by atoms with Crippen molar-refractivity contribution in [1.82, 2.24) is 9.78 Å². The average Bonchev–Trinajstić information content (AvgIpc) is 2.89. The molecule has 1 aromatic heterocycles. The first-order chi connectivity index (χ1) is 9.69. The minimum absolute atomic E-state index is 0.0240. The molecule has 0 aliphatic heterocycles. The fourth-order valence-electron chi connectivity index (χ4n) is 2.01. The molecule has 0 aliphatic rings. The van der Waals surface area contributed by atoms with Gasteiger partial charge in [-0.05, 0) is 30.6 Å². The molecular weight excluding hydrogens is 248 g/mol. The predicted octanol–water partition coefficient (Wildman–Crippen LogP) is 3.66. The Morgan fingerprint density at radius 1 is 1.30 bits per heavy atom. The molecule has 0 aliphatic carbocycles. The third-order valence-corrected chi connectivity index (χ3v) is 3.21. The van der Waals surface area contributed by atoms with Gasteiger partial charge in [0.15, 0.2) is 5.78 Å². The Hall–Kier alpha value is -2.16. The van der Waals surface area contributed by atoms with Crippen LogP contribution in [0.4, 0.5) is 0 Å². The van der Waals surface area contributed by atoms with E-state index in [2.05, 4.69) is 12.0 Å². The molecule has 3 heteroatoms. The minimum Gasteiger partial charge on any atom is -0.289 e. The van der Waals surface area contributed by atoms with Crippen LogP contribution in [0.5, 0.6) is 0 Å². The van der Waals surface area contributed by atoms with Crippen LogP contribution in [0.1, 0.15) is 41.3 Å². The Bertz CT molecular complexity index is 594. The Balaban J connectivity index is 2.00. The molecular formula is C17H20N2O. The molecule has 0 atom stereocenters. The van der Waals surface area contributed by atoms with Crippen molar-refractivity contribution in [3.8, 4) is 0 Å². The zero-order valence-corrected chi connectivity index (χ0v) is 12.0. The van der Waals surface area contributed by atoms with Gasteiger partial charge in [0.1, 0.15) is 0 Å². The van der Waals surface area contributed by atoms with Crippen LogP contribution >= 0.6 is 0 Å². The number of carbonyl (C=O) groups is 1. The van der Waals surface area contributed by atoms with Crippen molar-refractivity contribution < 1.29 is 4.79 Å². The van der Waals surface area contributed by atoms with Crippen molar-refractivity contribution in [2.24, 2.45) is 7.05 Å². The first-order valence-electron chi connectivity index (χ1n) is 6.99. The summed E-state index contributed by atoms with van der Waals surface area (Å²) in [4.78, 5) is 12.0. The van der Waals surface area contributed by atoms with E-state index in [1.54, 1.807) is 23.0 Å². The average molecular weight is 268 g/mol. The fourth-order valence-corrected chi connectivity index (χ4v) is 2.01. The molecule has 0 unspecified atom stereocenters. The molecule has 0 saturated heterocycles. The number of aryl methyl sites for hydroxylation is 2. The number of rotatable bonds is 6. The van der Waals surface area contributed by atoms with E-state index in [0.717, 1.165) is 17.5 Å². The lowest BCUT2D eigenvalue weighted by atomic mass is 10.0. The van der Waals surface area contributed by atoms with Crippen LogP contribution in [0.15, 0.2) is 42.7 Å². The Morgan fingerprint density at radius 2 is 2.05 bits per heavy atom. The first kappa shape index (κ1) is 14.3. The van der Waals surface area contributed by atoms with Gasteiger partial charge in [0.05, 0.1) is 6.20 Å². The third-order valence-electron chi connectivity index (χ3n) is 3.21. The number of unbranched alkanes of at least 4 members (excludes halogenated alkanes) is 1. The minimum atomic E-state index is 0.0240. The van der Waals surface area contributed by atoms with E-state index in [-0.39, 0.29) is 5.78 Å². The van der Waals surface area contributed by atoms with Gasteiger partial charge < -0.3 is 0 Å². The lowest BCUT2D eigenvalue weighted by Crippen LogP contribution is -1.94. The zero-order valence-electron chi connectivity index (χ0n) is 12.0. The van der Waals surface area contributed by atoms with Gasteiger partial charge in [-0.3, -0.25) is 9.48 Å². The summed E-state index contributed by atoms with van der Waals surface area (Å²) in [5.74, 6) is 0.0240. The van der Waals surface area contributed by atoms with E-state index in [1.807, 2.05) is 37.5 Å². The largest absolute Gasteiger partial charge is 0.289 e. The van der Waals surface area contributed by atoms with Crippen LogP contribution in [0, 0.1) is 0 Å². The molecule has 0 radical (unpaired) electrons. The molecule has 0 spiro atoms. The normalized spacial score (nSPS) is 11.1. The van der Waals surface area contributed by atoms with Gasteiger partial charge in [0, 0.05) is 24.4 Å². The highest BCUT2D eigenvalue weighted by molar-refractivity contribution is 6.06. The summed E-state index contributed by atoms with van der Waals surface area (Å²) < 4.78 is 1.71. The van der Waals surface area contributed by atoms with Crippen LogP contribution in [0.25, 0.3) is 6.08 Å². The smallest absolute Gasteiger partial charge is 0.185 e. The molecule has 1 heterocycles. The monoisotopic (exact) mass is 268 g/mol. The van der Waals surface area contributed by atoms with Crippen LogP contribution in [0.2, 0.25) is 0 Å². The van der Waals surface area contributed by atoms with Crippen molar-refractivity contribution in [3.05, 3.63) is 59.4 Å². The number of hydrogen-bond acceptors (Lipinski definition) is 2. The second-order valence-corrected chi connectivity index (χ2v) is 4.95. The van der Waals surface area contributed by atoms with E-state index in [1.165, 1.54) is 18.4 Å². The quantitative estimate of drug-likeness (QED) is 0.592. The van der Waals surface area contributed by atoms with Crippen molar-refractivity contribution >= 4 is 11.9 Å². The molecule has 0 amide bonds. The predicted molar refractivity (Wildman–Crippen MR) is 81.6 cm³/mol. The summed E-state index contributed by atoms with van der Waals surface area (Å²) >= 11 is 0. The second kappa shape index (κ2) is 6.85. The van der Waals surface area contributed by atoms with Crippen molar-refractivity contribution in [2.45, 2.75) is 26.2 Å². The number of ketones is 1. The van der Waals surface area contributed by atoms with Crippen LogP contribution in [0.3, 0.4) is 0 Å². The van der Waals surface area contributed by atoms with Crippen molar-refractivity contribution in [3.63, 3.8) is 0 Å². The summed E-state index contributed by atoms with van der Waals surface area (Å²) in [6.45, 7) is 2.18. The number of hydrogen-bond donors (Lipinski definition) is 0. The Morgan fingerprint density at radius 3 is 2.65 bits per heavy atom. The first-order valence-corrected chi connectivity index (χ1v) is 6.99. The number of allylic oxidation sites excluding steroid dienone is 1. The summed E-state index contributed by atoms with van der Waals surface area (Å²) in [6.07, 6.45) is 10.5. The molecule has 0 saturated carbocycles. The molecule has 2 rings (SSSR count). The van der Waals surface area contributed by atoms with Gasteiger partial charge in [-0.25, -0.2) is 0 Å². The second-order valence-electron chi connectivity index (χ2n) is 4.95. The van der Waals surface area contributed by atoms with Gasteiger partial charge >= 0.3 is 0 Å². The van der Waals surface area contributed by atoms with Gasteiger partial charge in [-0.1, -0.05) is 37.6 Å². The molecule has 0 fully saturated rings. The third kappa shape index (κ3) is 3.92. The Kier molecular flexibility index (Phi) is 4.88. The lowest BCUT2D eigenvalue weighted by molar-refractivity contribution is 0.104. The van der Waals surface area contributed by atoms with E-state index in [9.17, 15) is 4.79 Å². The van der Waals surface area contributed by atoms with E-state index in [4.69, 9.17) is 0 Å². The summed E-state index contributed by atoms with van der Waals surface area (Å²) in [5.41, 5.74) is 2.95. The molecule has 2 aromatic rings. The topological polar surface area (TPSA) is 34.9 Å². The summed E-state index contributed by atoms with van der Waals surface area (Å²) in [7, 11) is 1.86. The van der Waals surface area contributed by atoms with E-state index < -0.39 is 0 Å². The molecule has 20 heavy (non-hydrogen) atoms. The Labute approximate surface area is 119 Å². The van der Waals surface area contributed by atoms with E-state index in [0.29, 0.717) is 0 Å². The number of nitrogens with zero attached hydrogens (tertiary/aromatic N) is 2. The highest BCUT2D eigenvalue weighted by Crippen LogP contribution is 2.10. The number of aromatic nitrogens is 2. The SMILES string of the molecule is CCCCc1ccc(C(=O)/C=C/c2cnn(C)c2)cc1.